The molecule has 2 aliphatic rings. The fourth-order valence-electron chi connectivity index (χ4n) is 3.87. The predicted octanol–water partition coefficient (Wildman–Crippen LogP) is 3.37. The molecule has 2 aromatic rings. The first-order valence-electron chi connectivity index (χ1n) is 9.09. The van der Waals surface area contributed by atoms with Crippen molar-refractivity contribution in [2.75, 3.05) is 5.32 Å². The number of nitrogens with one attached hydrogen (secondary N) is 2. The lowest BCUT2D eigenvalue weighted by Crippen LogP contribution is -2.32. The molecule has 2 heterocycles. The van der Waals surface area contributed by atoms with E-state index in [1.807, 2.05) is 0 Å². The van der Waals surface area contributed by atoms with Crippen LogP contribution in [0.15, 0.2) is 12.3 Å². The highest BCUT2D eigenvalue weighted by molar-refractivity contribution is 6.33. The lowest BCUT2D eigenvalue weighted by Gasteiger charge is -2.18. The first-order chi connectivity index (χ1) is 12.0. The van der Waals surface area contributed by atoms with E-state index in [0.29, 0.717) is 22.6 Å². The van der Waals surface area contributed by atoms with E-state index in [1.54, 1.807) is 17.6 Å². The average Bonchev–Trinajstić information content (AvgIpc) is 3.23. The van der Waals surface area contributed by atoms with Gasteiger partial charge in [-0.15, -0.1) is 0 Å². The van der Waals surface area contributed by atoms with E-state index in [9.17, 15) is 4.79 Å². The molecule has 0 aliphatic heterocycles. The van der Waals surface area contributed by atoms with Gasteiger partial charge in [-0.2, -0.15) is 9.61 Å². The van der Waals surface area contributed by atoms with E-state index in [-0.39, 0.29) is 11.9 Å². The fourth-order valence-corrected chi connectivity index (χ4v) is 4.03. The van der Waals surface area contributed by atoms with Gasteiger partial charge in [0, 0.05) is 36.7 Å². The Bertz CT molecular complexity index is 800. The SMILES string of the molecule is CC(=O)N[C@H]1CC[C@H](Nc2cc([C@@H](C)C3CC3)nc3c(Cl)cnn23)C1. The van der Waals surface area contributed by atoms with Crippen LogP contribution in [0.25, 0.3) is 5.65 Å². The van der Waals surface area contributed by atoms with E-state index < -0.39 is 0 Å². The molecule has 0 saturated heterocycles. The Morgan fingerprint density at radius 3 is 2.80 bits per heavy atom. The molecule has 2 fully saturated rings. The zero-order chi connectivity index (χ0) is 17.6. The summed E-state index contributed by atoms with van der Waals surface area (Å²) in [6.45, 7) is 3.82. The van der Waals surface area contributed by atoms with Crippen molar-refractivity contribution >= 4 is 29.0 Å². The smallest absolute Gasteiger partial charge is 0.217 e. The van der Waals surface area contributed by atoms with Crippen LogP contribution in [0.5, 0.6) is 0 Å². The minimum Gasteiger partial charge on any atom is -0.367 e. The molecule has 0 unspecified atom stereocenters. The standard InChI is InChI=1S/C18H24ClN5O/c1-10(12-3-4-12)16-8-17(24-18(23-16)15(19)9-20-24)22-14-6-5-13(7-14)21-11(2)25/h8-10,12-14,22H,3-7H2,1-2H3,(H,21,25)/t10-,13-,14-/m0/s1. The van der Waals surface area contributed by atoms with Gasteiger partial charge in [-0.05, 0) is 38.0 Å². The van der Waals surface area contributed by atoms with Crippen LogP contribution in [0, 0.1) is 5.92 Å². The molecule has 6 nitrogen and oxygen atoms in total. The topological polar surface area (TPSA) is 71.3 Å². The maximum absolute atomic E-state index is 11.3. The maximum Gasteiger partial charge on any atom is 0.217 e. The van der Waals surface area contributed by atoms with Crippen molar-refractivity contribution in [3.05, 3.63) is 23.0 Å². The number of amides is 1. The van der Waals surface area contributed by atoms with Crippen LogP contribution in [-0.4, -0.2) is 32.6 Å². The van der Waals surface area contributed by atoms with Gasteiger partial charge < -0.3 is 10.6 Å². The van der Waals surface area contributed by atoms with Crippen molar-refractivity contribution in [1.29, 1.82) is 0 Å². The first kappa shape index (κ1) is 16.6. The number of hydrogen-bond donors (Lipinski definition) is 2. The molecular formula is C18H24ClN5O. The second kappa shape index (κ2) is 6.48. The Labute approximate surface area is 152 Å². The highest BCUT2D eigenvalue weighted by Gasteiger charge is 2.31. The van der Waals surface area contributed by atoms with Crippen molar-refractivity contribution in [1.82, 2.24) is 19.9 Å². The van der Waals surface area contributed by atoms with Crippen LogP contribution < -0.4 is 10.6 Å². The number of anilines is 1. The third-order valence-electron chi connectivity index (χ3n) is 5.44. The van der Waals surface area contributed by atoms with E-state index in [0.717, 1.165) is 36.7 Å². The third-order valence-corrected chi connectivity index (χ3v) is 5.70. The largest absolute Gasteiger partial charge is 0.367 e. The minimum atomic E-state index is 0.0383. The predicted molar refractivity (Wildman–Crippen MR) is 98.0 cm³/mol. The van der Waals surface area contributed by atoms with Crippen molar-refractivity contribution in [2.45, 2.75) is 64.0 Å². The molecule has 0 radical (unpaired) electrons. The van der Waals surface area contributed by atoms with Gasteiger partial charge in [0.25, 0.3) is 0 Å². The van der Waals surface area contributed by atoms with Crippen LogP contribution in [0.4, 0.5) is 5.82 Å². The van der Waals surface area contributed by atoms with Crippen LogP contribution in [0.3, 0.4) is 0 Å². The molecule has 0 spiro atoms. The Morgan fingerprint density at radius 2 is 2.08 bits per heavy atom. The van der Waals surface area contributed by atoms with Gasteiger partial charge in [0.1, 0.15) is 10.8 Å². The van der Waals surface area contributed by atoms with Crippen LogP contribution in [-0.2, 0) is 4.79 Å². The number of rotatable bonds is 5. The van der Waals surface area contributed by atoms with Gasteiger partial charge in [-0.1, -0.05) is 18.5 Å². The third kappa shape index (κ3) is 3.45. The molecule has 2 N–H and O–H groups in total. The summed E-state index contributed by atoms with van der Waals surface area (Å²) in [6.07, 6.45) is 7.16. The van der Waals surface area contributed by atoms with Crippen molar-refractivity contribution in [2.24, 2.45) is 5.92 Å². The van der Waals surface area contributed by atoms with Crippen molar-refractivity contribution in [3.63, 3.8) is 0 Å². The molecule has 134 valence electrons. The Kier molecular flexibility index (Phi) is 4.31. The monoisotopic (exact) mass is 361 g/mol. The van der Waals surface area contributed by atoms with Crippen molar-refractivity contribution in [3.8, 4) is 0 Å². The zero-order valence-electron chi connectivity index (χ0n) is 14.6. The summed E-state index contributed by atoms with van der Waals surface area (Å²) < 4.78 is 1.79. The van der Waals surface area contributed by atoms with Gasteiger partial charge in [-0.3, -0.25) is 4.79 Å². The minimum absolute atomic E-state index is 0.0383. The summed E-state index contributed by atoms with van der Waals surface area (Å²) in [5.41, 5.74) is 1.79. The van der Waals surface area contributed by atoms with E-state index >= 15 is 0 Å². The van der Waals surface area contributed by atoms with Crippen LogP contribution in [0.1, 0.15) is 57.6 Å². The summed E-state index contributed by atoms with van der Waals surface area (Å²) in [7, 11) is 0. The molecule has 3 atom stereocenters. The Balaban J connectivity index is 1.59. The van der Waals surface area contributed by atoms with Gasteiger partial charge in [0.15, 0.2) is 5.65 Å². The van der Waals surface area contributed by atoms with E-state index in [4.69, 9.17) is 16.6 Å². The second-order valence-corrected chi connectivity index (χ2v) is 7.88. The highest BCUT2D eigenvalue weighted by atomic mass is 35.5. The molecule has 0 bridgehead atoms. The zero-order valence-corrected chi connectivity index (χ0v) is 15.4. The molecule has 2 aromatic heterocycles. The Morgan fingerprint density at radius 1 is 1.32 bits per heavy atom. The molecule has 2 aliphatic carbocycles. The number of aromatic nitrogens is 3. The lowest BCUT2D eigenvalue weighted by atomic mass is 10.0. The van der Waals surface area contributed by atoms with Gasteiger partial charge >= 0.3 is 0 Å². The maximum atomic E-state index is 11.3. The molecule has 7 heteroatoms. The highest BCUT2D eigenvalue weighted by Crippen LogP contribution is 2.42. The second-order valence-electron chi connectivity index (χ2n) is 7.47. The average molecular weight is 362 g/mol. The van der Waals surface area contributed by atoms with Crippen LogP contribution >= 0.6 is 11.6 Å². The molecule has 25 heavy (non-hydrogen) atoms. The first-order valence-corrected chi connectivity index (χ1v) is 9.47. The Hall–Kier alpha value is -1.82. The summed E-state index contributed by atoms with van der Waals surface area (Å²) in [5, 5.41) is 11.6. The van der Waals surface area contributed by atoms with Gasteiger partial charge in [0.2, 0.25) is 5.91 Å². The molecule has 0 aromatic carbocycles. The normalized spacial score (nSPS) is 24.4. The van der Waals surface area contributed by atoms with Crippen molar-refractivity contribution < 1.29 is 4.79 Å². The quantitative estimate of drug-likeness (QED) is 0.856. The fraction of sp³-hybridized carbons (Fsp3) is 0.611. The van der Waals surface area contributed by atoms with E-state index in [1.165, 1.54) is 12.8 Å². The molecule has 2 saturated carbocycles. The number of hydrogen-bond acceptors (Lipinski definition) is 4. The summed E-state index contributed by atoms with van der Waals surface area (Å²) in [4.78, 5) is 16.0. The lowest BCUT2D eigenvalue weighted by molar-refractivity contribution is -0.119. The summed E-state index contributed by atoms with van der Waals surface area (Å²) in [6, 6.07) is 2.68. The number of fused-ring (bicyclic) bond motifs is 1. The summed E-state index contributed by atoms with van der Waals surface area (Å²) in [5.74, 6) is 2.15. The molecular weight excluding hydrogens is 338 g/mol. The number of carbonyl (C=O) groups excluding carboxylic acids is 1. The molecule has 1 amide bonds. The van der Waals surface area contributed by atoms with Gasteiger partial charge in [0.05, 0.1) is 6.20 Å². The van der Waals surface area contributed by atoms with E-state index in [2.05, 4.69) is 28.7 Å². The van der Waals surface area contributed by atoms with Gasteiger partial charge in [-0.25, -0.2) is 4.98 Å². The summed E-state index contributed by atoms with van der Waals surface area (Å²) >= 11 is 6.29. The number of halogens is 1. The number of carbonyl (C=O) groups is 1. The molecule has 4 rings (SSSR count). The van der Waals surface area contributed by atoms with Crippen LogP contribution in [0.2, 0.25) is 5.02 Å². The number of nitrogens with zero attached hydrogens (tertiary/aromatic N) is 3.